The third-order valence-corrected chi connectivity index (χ3v) is 3.13. The molecule has 2 heterocycles. The Bertz CT molecular complexity index is 718. The SMILES string of the molecule is CC(O)c1nc2cc(N)ccc2n1CCc1ncno1. The molecule has 3 N–H and O–H groups in total. The first-order valence-corrected chi connectivity index (χ1v) is 6.34. The lowest BCUT2D eigenvalue weighted by Gasteiger charge is -2.09. The fourth-order valence-corrected chi connectivity index (χ4v) is 2.23. The first-order chi connectivity index (χ1) is 9.65. The molecule has 0 saturated heterocycles. The number of rotatable bonds is 4. The maximum absolute atomic E-state index is 9.87. The molecule has 3 aromatic rings. The van der Waals surface area contributed by atoms with Crippen molar-refractivity contribution >= 4 is 16.7 Å². The van der Waals surface area contributed by atoms with Crippen molar-refractivity contribution in [3.8, 4) is 0 Å². The number of hydrogen-bond donors (Lipinski definition) is 2. The van der Waals surface area contributed by atoms with Gasteiger partial charge in [0.25, 0.3) is 0 Å². The normalized spacial score (nSPS) is 12.9. The van der Waals surface area contributed by atoms with Gasteiger partial charge in [0.1, 0.15) is 11.9 Å². The zero-order chi connectivity index (χ0) is 14.1. The summed E-state index contributed by atoms with van der Waals surface area (Å²) in [6.45, 7) is 2.29. The predicted molar refractivity (Wildman–Crippen MR) is 72.8 cm³/mol. The number of nitrogens with two attached hydrogens (primary N) is 1. The van der Waals surface area contributed by atoms with Gasteiger partial charge in [-0.2, -0.15) is 4.98 Å². The molecule has 0 spiro atoms. The van der Waals surface area contributed by atoms with Crippen molar-refractivity contribution in [1.29, 1.82) is 0 Å². The molecule has 0 aliphatic heterocycles. The van der Waals surface area contributed by atoms with Crippen LogP contribution in [0, 0.1) is 0 Å². The minimum absolute atomic E-state index is 0.554. The van der Waals surface area contributed by atoms with Crippen LogP contribution in [0.2, 0.25) is 0 Å². The minimum Gasteiger partial charge on any atom is -0.399 e. The van der Waals surface area contributed by atoms with E-state index in [2.05, 4.69) is 15.1 Å². The number of aliphatic hydroxyl groups is 1. The monoisotopic (exact) mass is 273 g/mol. The molecule has 7 nitrogen and oxygen atoms in total. The van der Waals surface area contributed by atoms with Crippen molar-refractivity contribution in [2.24, 2.45) is 0 Å². The Kier molecular flexibility index (Phi) is 3.11. The van der Waals surface area contributed by atoms with Gasteiger partial charge in [0.15, 0.2) is 6.33 Å². The van der Waals surface area contributed by atoms with Gasteiger partial charge in [-0.3, -0.25) is 0 Å². The summed E-state index contributed by atoms with van der Waals surface area (Å²) in [7, 11) is 0. The summed E-state index contributed by atoms with van der Waals surface area (Å²) in [6, 6.07) is 5.51. The summed E-state index contributed by atoms with van der Waals surface area (Å²) in [5, 5.41) is 13.4. The van der Waals surface area contributed by atoms with Crippen LogP contribution in [0.4, 0.5) is 5.69 Å². The Morgan fingerprint density at radius 2 is 2.30 bits per heavy atom. The molecule has 0 aliphatic rings. The molecule has 2 aromatic heterocycles. The van der Waals surface area contributed by atoms with Crippen LogP contribution in [0.25, 0.3) is 11.0 Å². The maximum Gasteiger partial charge on any atom is 0.228 e. The second-order valence-corrected chi connectivity index (χ2v) is 4.63. The fourth-order valence-electron chi connectivity index (χ4n) is 2.23. The summed E-state index contributed by atoms with van der Waals surface area (Å²) in [5.41, 5.74) is 8.11. The molecule has 104 valence electrons. The van der Waals surface area contributed by atoms with E-state index in [-0.39, 0.29) is 0 Å². The number of aromatic nitrogens is 4. The van der Waals surface area contributed by atoms with Gasteiger partial charge >= 0.3 is 0 Å². The standard InChI is InChI=1S/C13H15N5O2/c1-8(19)13-17-10-6-9(14)2-3-11(10)18(13)5-4-12-15-7-16-20-12/h2-3,6-8,19H,4-5,14H2,1H3. The largest absolute Gasteiger partial charge is 0.399 e. The van der Waals surface area contributed by atoms with Gasteiger partial charge < -0.3 is 19.9 Å². The molecule has 0 amide bonds. The number of aliphatic hydroxyl groups excluding tert-OH is 1. The molecule has 0 aliphatic carbocycles. The van der Waals surface area contributed by atoms with Crippen LogP contribution in [-0.2, 0) is 13.0 Å². The molecule has 3 rings (SSSR count). The third kappa shape index (κ3) is 2.23. The van der Waals surface area contributed by atoms with Gasteiger partial charge in [0.2, 0.25) is 5.89 Å². The molecule has 7 heteroatoms. The van der Waals surface area contributed by atoms with Crippen molar-refractivity contribution in [3.05, 3.63) is 36.2 Å². The number of nitrogens with zero attached hydrogens (tertiary/aromatic N) is 4. The fraction of sp³-hybridized carbons (Fsp3) is 0.308. The van der Waals surface area contributed by atoms with Gasteiger partial charge in [0, 0.05) is 18.7 Å². The lowest BCUT2D eigenvalue weighted by molar-refractivity contribution is 0.184. The van der Waals surface area contributed by atoms with E-state index in [0.29, 0.717) is 30.4 Å². The number of anilines is 1. The van der Waals surface area contributed by atoms with Crippen molar-refractivity contribution in [1.82, 2.24) is 19.7 Å². The molecule has 0 saturated carbocycles. The summed E-state index contributed by atoms with van der Waals surface area (Å²) in [4.78, 5) is 8.43. The molecule has 1 atom stereocenters. The second-order valence-electron chi connectivity index (χ2n) is 4.63. The van der Waals surface area contributed by atoms with E-state index in [0.717, 1.165) is 11.0 Å². The number of nitrogen functional groups attached to an aromatic ring is 1. The van der Waals surface area contributed by atoms with Crippen LogP contribution in [-0.4, -0.2) is 24.8 Å². The average Bonchev–Trinajstić information content (AvgIpc) is 3.02. The van der Waals surface area contributed by atoms with Gasteiger partial charge in [-0.15, -0.1) is 0 Å². The summed E-state index contributed by atoms with van der Waals surface area (Å²) in [5.74, 6) is 1.16. The van der Waals surface area contributed by atoms with Crippen molar-refractivity contribution < 1.29 is 9.63 Å². The van der Waals surface area contributed by atoms with E-state index in [1.807, 2.05) is 16.7 Å². The quantitative estimate of drug-likeness (QED) is 0.694. The van der Waals surface area contributed by atoms with Gasteiger partial charge in [-0.25, -0.2) is 4.98 Å². The third-order valence-electron chi connectivity index (χ3n) is 3.13. The predicted octanol–water partition coefficient (Wildman–Crippen LogP) is 1.30. The number of hydrogen-bond acceptors (Lipinski definition) is 6. The molecule has 0 fully saturated rings. The summed E-state index contributed by atoms with van der Waals surface area (Å²) in [6.07, 6.45) is 1.29. The van der Waals surface area contributed by atoms with E-state index in [4.69, 9.17) is 10.3 Å². The van der Waals surface area contributed by atoms with Crippen LogP contribution < -0.4 is 5.73 Å². The second kappa shape index (κ2) is 4.93. The summed E-state index contributed by atoms with van der Waals surface area (Å²) >= 11 is 0. The first-order valence-electron chi connectivity index (χ1n) is 6.34. The van der Waals surface area contributed by atoms with Crippen molar-refractivity contribution in [2.45, 2.75) is 26.0 Å². The van der Waals surface area contributed by atoms with Crippen LogP contribution in [0.15, 0.2) is 29.0 Å². The zero-order valence-electron chi connectivity index (χ0n) is 11.0. The highest BCUT2D eigenvalue weighted by atomic mass is 16.5. The van der Waals surface area contributed by atoms with E-state index in [9.17, 15) is 5.11 Å². The highest BCUT2D eigenvalue weighted by Crippen LogP contribution is 2.23. The highest BCUT2D eigenvalue weighted by molar-refractivity contribution is 5.79. The van der Waals surface area contributed by atoms with Crippen molar-refractivity contribution in [3.63, 3.8) is 0 Å². The summed E-state index contributed by atoms with van der Waals surface area (Å²) < 4.78 is 6.93. The molecule has 1 aromatic carbocycles. The Balaban J connectivity index is 2.00. The molecular formula is C13H15N5O2. The number of imidazole rings is 1. The van der Waals surface area contributed by atoms with E-state index < -0.39 is 6.10 Å². The number of fused-ring (bicyclic) bond motifs is 1. The van der Waals surface area contributed by atoms with E-state index in [1.165, 1.54) is 6.33 Å². The molecule has 0 radical (unpaired) electrons. The Morgan fingerprint density at radius 3 is 3.00 bits per heavy atom. The average molecular weight is 273 g/mol. The lowest BCUT2D eigenvalue weighted by Crippen LogP contribution is -2.09. The van der Waals surface area contributed by atoms with Gasteiger partial charge in [-0.1, -0.05) is 5.16 Å². The zero-order valence-corrected chi connectivity index (χ0v) is 11.0. The van der Waals surface area contributed by atoms with Gasteiger partial charge in [0.05, 0.1) is 11.0 Å². The number of aryl methyl sites for hydroxylation is 2. The van der Waals surface area contributed by atoms with Gasteiger partial charge in [-0.05, 0) is 25.1 Å². The Hall–Kier alpha value is -2.41. The molecule has 0 bridgehead atoms. The number of benzene rings is 1. The smallest absolute Gasteiger partial charge is 0.228 e. The van der Waals surface area contributed by atoms with E-state index in [1.54, 1.807) is 13.0 Å². The Labute approximate surface area is 115 Å². The Morgan fingerprint density at radius 1 is 1.45 bits per heavy atom. The van der Waals surface area contributed by atoms with Crippen LogP contribution in [0.3, 0.4) is 0 Å². The lowest BCUT2D eigenvalue weighted by atomic mass is 10.2. The highest BCUT2D eigenvalue weighted by Gasteiger charge is 2.15. The maximum atomic E-state index is 9.87. The van der Waals surface area contributed by atoms with Crippen molar-refractivity contribution in [2.75, 3.05) is 5.73 Å². The topological polar surface area (TPSA) is 103 Å². The van der Waals surface area contributed by atoms with Crippen LogP contribution in [0.1, 0.15) is 24.7 Å². The molecular weight excluding hydrogens is 258 g/mol. The van der Waals surface area contributed by atoms with Crippen LogP contribution >= 0.6 is 0 Å². The molecule has 20 heavy (non-hydrogen) atoms. The molecule has 1 unspecified atom stereocenters. The van der Waals surface area contributed by atoms with Crippen LogP contribution in [0.5, 0.6) is 0 Å². The first kappa shape index (κ1) is 12.6. The van der Waals surface area contributed by atoms with E-state index >= 15 is 0 Å². The minimum atomic E-state index is -0.661.